The Morgan fingerprint density at radius 3 is 2.56 bits per heavy atom. The summed E-state index contributed by atoms with van der Waals surface area (Å²) in [6.45, 7) is 0.806. The second-order valence-electron chi connectivity index (χ2n) is 4.97. The van der Waals surface area contributed by atoms with E-state index in [4.69, 9.17) is 0 Å². The predicted molar refractivity (Wildman–Crippen MR) is 69.1 cm³/mol. The standard InChI is InChI=1S/C13H24N2O3/c1-15(10-13(17)18-2)9-8-12(16)14-11-6-4-3-5-7-11/h11H,3-10H2,1-2H3,(H,14,16). The third kappa shape index (κ3) is 6.00. The summed E-state index contributed by atoms with van der Waals surface area (Å²) < 4.78 is 4.57. The van der Waals surface area contributed by atoms with Crippen LogP contribution in [0.5, 0.6) is 0 Å². The van der Waals surface area contributed by atoms with Crippen molar-refractivity contribution in [2.45, 2.75) is 44.6 Å². The van der Waals surface area contributed by atoms with Gasteiger partial charge in [0, 0.05) is 19.0 Å². The van der Waals surface area contributed by atoms with E-state index in [0.29, 0.717) is 19.0 Å². The first-order valence-corrected chi connectivity index (χ1v) is 6.66. The first-order chi connectivity index (χ1) is 8.61. The van der Waals surface area contributed by atoms with Gasteiger partial charge in [-0.1, -0.05) is 19.3 Å². The number of likely N-dealkylation sites (N-methyl/N-ethyl adjacent to an activating group) is 1. The van der Waals surface area contributed by atoms with E-state index in [-0.39, 0.29) is 18.4 Å². The molecule has 1 amide bonds. The van der Waals surface area contributed by atoms with E-state index in [1.807, 2.05) is 7.05 Å². The highest BCUT2D eigenvalue weighted by atomic mass is 16.5. The zero-order chi connectivity index (χ0) is 13.4. The molecule has 0 radical (unpaired) electrons. The largest absolute Gasteiger partial charge is 0.468 e. The molecule has 5 heteroatoms. The minimum Gasteiger partial charge on any atom is -0.468 e. The lowest BCUT2D eigenvalue weighted by molar-refractivity contribution is -0.141. The Morgan fingerprint density at radius 2 is 1.94 bits per heavy atom. The van der Waals surface area contributed by atoms with Crippen molar-refractivity contribution in [3.63, 3.8) is 0 Å². The number of hydrogen-bond donors (Lipinski definition) is 1. The van der Waals surface area contributed by atoms with Gasteiger partial charge in [-0.15, -0.1) is 0 Å². The molecule has 0 aromatic heterocycles. The molecule has 1 aliphatic rings. The van der Waals surface area contributed by atoms with Crippen LogP contribution in [0.1, 0.15) is 38.5 Å². The van der Waals surface area contributed by atoms with Crippen molar-refractivity contribution in [3.05, 3.63) is 0 Å². The monoisotopic (exact) mass is 256 g/mol. The zero-order valence-corrected chi connectivity index (χ0v) is 11.4. The Labute approximate surface area is 109 Å². The quantitative estimate of drug-likeness (QED) is 0.718. The van der Waals surface area contributed by atoms with Gasteiger partial charge in [0.1, 0.15) is 0 Å². The molecule has 1 rings (SSSR count). The summed E-state index contributed by atoms with van der Waals surface area (Å²) in [4.78, 5) is 24.5. The van der Waals surface area contributed by atoms with Crippen LogP contribution in [0.25, 0.3) is 0 Å². The second kappa shape index (κ2) is 8.08. The first-order valence-electron chi connectivity index (χ1n) is 6.66. The lowest BCUT2D eigenvalue weighted by atomic mass is 9.95. The molecule has 1 aliphatic carbocycles. The molecular weight excluding hydrogens is 232 g/mol. The molecule has 0 heterocycles. The van der Waals surface area contributed by atoms with E-state index in [1.165, 1.54) is 26.4 Å². The van der Waals surface area contributed by atoms with Crippen LogP contribution in [-0.4, -0.2) is 50.1 Å². The topological polar surface area (TPSA) is 58.6 Å². The van der Waals surface area contributed by atoms with Crippen LogP contribution in [0.2, 0.25) is 0 Å². The number of nitrogens with one attached hydrogen (secondary N) is 1. The van der Waals surface area contributed by atoms with Gasteiger partial charge in [-0.25, -0.2) is 0 Å². The number of methoxy groups -OCH3 is 1. The summed E-state index contributed by atoms with van der Waals surface area (Å²) >= 11 is 0. The minimum absolute atomic E-state index is 0.0821. The van der Waals surface area contributed by atoms with E-state index < -0.39 is 0 Å². The van der Waals surface area contributed by atoms with Gasteiger partial charge in [0.05, 0.1) is 13.7 Å². The minimum atomic E-state index is -0.273. The highest BCUT2D eigenvalue weighted by Gasteiger charge is 2.16. The number of esters is 1. The summed E-state index contributed by atoms with van der Waals surface area (Å²) in [5.74, 6) is -0.191. The maximum Gasteiger partial charge on any atom is 0.319 e. The number of carbonyl (C=O) groups excluding carboxylic acids is 2. The Morgan fingerprint density at radius 1 is 1.28 bits per heavy atom. The molecule has 0 atom stereocenters. The molecule has 0 saturated heterocycles. The van der Waals surface area contributed by atoms with Crippen molar-refractivity contribution in [2.24, 2.45) is 0 Å². The molecule has 0 unspecified atom stereocenters. The van der Waals surface area contributed by atoms with Crippen molar-refractivity contribution in [1.82, 2.24) is 10.2 Å². The number of nitrogens with zero attached hydrogens (tertiary/aromatic N) is 1. The molecule has 1 N–H and O–H groups in total. The molecule has 0 aromatic carbocycles. The molecule has 1 saturated carbocycles. The van der Waals surface area contributed by atoms with Gasteiger partial charge in [0.2, 0.25) is 5.91 Å². The maximum absolute atomic E-state index is 11.7. The molecule has 0 aromatic rings. The number of rotatable bonds is 6. The maximum atomic E-state index is 11.7. The summed E-state index contributed by atoms with van der Waals surface area (Å²) in [7, 11) is 3.18. The average molecular weight is 256 g/mol. The highest BCUT2D eigenvalue weighted by molar-refractivity contribution is 5.76. The van der Waals surface area contributed by atoms with Crippen LogP contribution in [-0.2, 0) is 14.3 Å². The van der Waals surface area contributed by atoms with Gasteiger partial charge < -0.3 is 10.1 Å². The Hall–Kier alpha value is -1.10. The molecule has 104 valence electrons. The van der Waals surface area contributed by atoms with Crippen LogP contribution >= 0.6 is 0 Å². The highest BCUT2D eigenvalue weighted by Crippen LogP contribution is 2.17. The van der Waals surface area contributed by atoms with Crippen LogP contribution in [0, 0.1) is 0 Å². The van der Waals surface area contributed by atoms with Crippen molar-refractivity contribution in [3.8, 4) is 0 Å². The van der Waals surface area contributed by atoms with Crippen molar-refractivity contribution < 1.29 is 14.3 Å². The Bertz CT molecular complexity index is 275. The smallest absolute Gasteiger partial charge is 0.319 e. The average Bonchev–Trinajstić information content (AvgIpc) is 2.37. The summed E-state index contributed by atoms with van der Waals surface area (Å²) in [5.41, 5.74) is 0. The second-order valence-corrected chi connectivity index (χ2v) is 4.97. The Kier molecular flexibility index (Phi) is 6.72. The molecule has 5 nitrogen and oxygen atoms in total. The number of hydrogen-bond acceptors (Lipinski definition) is 4. The van der Waals surface area contributed by atoms with E-state index in [1.54, 1.807) is 4.90 Å². The number of amides is 1. The summed E-state index contributed by atoms with van der Waals surface area (Å²) in [6, 6.07) is 0.358. The SMILES string of the molecule is COC(=O)CN(C)CCC(=O)NC1CCCCC1. The molecule has 1 fully saturated rings. The third-order valence-corrected chi connectivity index (χ3v) is 3.32. The molecular formula is C13H24N2O3. The number of carbonyl (C=O) groups is 2. The number of ether oxygens (including phenoxy) is 1. The molecule has 18 heavy (non-hydrogen) atoms. The molecule has 0 bridgehead atoms. The van der Waals surface area contributed by atoms with Crippen molar-refractivity contribution in [1.29, 1.82) is 0 Å². The molecule has 0 aliphatic heterocycles. The van der Waals surface area contributed by atoms with Crippen LogP contribution in [0.3, 0.4) is 0 Å². The Balaban J connectivity index is 2.13. The molecule has 0 spiro atoms. The fourth-order valence-electron chi connectivity index (χ4n) is 2.20. The van der Waals surface area contributed by atoms with E-state index >= 15 is 0 Å². The van der Waals surface area contributed by atoms with Gasteiger partial charge in [-0.2, -0.15) is 0 Å². The van der Waals surface area contributed by atoms with Gasteiger partial charge >= 0.3 is 5.97 Å². The lowest BCUT2D eigenvalue weighted by Crippen LogP contribution is -2.38. The lowest BCUT2D eigenvalue weighted by Gasteiger charge is -2.23. The van der Waals surface area contributed by atoms with Gasteiger partial charge in [0.15, 0.2) is 0 Å². The van der Waals surface area contributed by atoms with Gasteiger partial charge in [-0.05, 0) is 19.9 Å². The van der Waals surface area contributed by atoms with E-state index in [9.17, 15) is 9.59 Å². The van der Waals surface area contributed by atoms with Crippen LogP contribution in [0.4, 0.5) is 0 Å². The van der Waals surface area contributed by atoms with Gasteiger partial charge in [-0.3, -0.25) is 14.5 Å². The van der Waals surface area contributed by atoms with Gasteiger partial charge in [0.25, 0.3) is 0 Å². The van der Waals surface area contributed by atoms with Crippen LogP contribution in [0.15, 0.2) is 0 Å². The van der Waals surface area contributed by atoms with Crippen LogP contribution < -0.4 is 5.32 Å². The summed E-state index contributed by atoms with van der Waals surface area (Å²) in [5, 5.41) is 3.06. The third-order valence-electron chi connectivity index (χ3n) is 3.32. The van der Waals surface area contributed by atoms with E-state index in [2.05, 4.69) is 10.1 Å². The van der Waals surface area contributed by atoms with Crippen molar-refractivity contribution in [2.75, 3.05) is 27.2 Å². The van der Waals surface area contributed by atoms with Crippen molar-refractivity contribution >= 4 is 11.9 Å². The first kappa shape index (κ1) is 15.0. The van der Waals surface area contributed by atoms with E-state index in [0.717, 1.165) is 12.8 Å². The normalized spacial score (nSPS) is 16.6. The fraction of sp³-hybridized carbons (Fsp3) is 0.846. The summed E-state index contributed by atoms with van der Waals surface area (Å²) in [6.07, 6.45) is 6.35. The zero-order valence-electron chi connectivity index (χ0n) is 11.4. The fourth-order valence-corrected chi connectivity index (χ4v) is 2.20. The predicted octanol–water partition coefficient (Wildman–Crippen LogP) is 0.930.